The molecule has 4 unspecified atom stereocenters. The van der Waals surface area contributed by atoms with E-state index in [1.165, 1.54) is 12.0 Å². The molecule has 11 atom stereocenters. The lowest BCUT2D eigenvalue weighted by Crippen LogP contribution is -2.67. The third-order valence-corrected chi connectivity index (χ3v) is 15.4. The van der Waals surface area contributed by atoms with Gasteiger partial charge < -0.3 is 20.1 Å². The number of fused-ring (bicyclic) bond motifs is 7. The third kappa shape index (κ3) is 5.09. The van der Waals surface area contributed by atoms with Gasteiger partial charge in [-0.2, -0.15) is 0 Å². The molecule has 3 N–H and O–H groups in total. The first-order chi connectivity index (χ1) is 20.4. The Hall–Kier alpha value is -0.910. The van der Waals surface area contributed by atoms with Gasteiger partial charge in [0.25, 0.3) is 0 Å². The van der Waals surface area contributed by atoms with E-state index in [1.807, 2.05) is 0 Å². The highest BCUT2D eigenvalue weighted by Gasteiger charge is 2.72. The van der Waals surface area contributed by atoms with E-state index < -0.39 is 11.5 Å². The predicted octanol–water partition coefficient (Wildman–Crippen LogP) is 7.85. The van der Waals surface area contributed by atoms with Gasteiger partial charge in [-0.15, -0.1) is 0 Å². The van der Waals surface area contributed by atoms with Crippen LogP contribution in [-0.4, -0.2) is 47.2 Å². The van der Waals surface area contributed by atoms with Crippen LogP contribution in [0.15, 0.2) is 12.2 Å². The van der Waals surface area contributed by atoms with Crippen LogP contribution in [0.3, 0.4) is 0 Å². The number of aliphatic hydroxyl groups is 3. The summed E-state index contributed by atoms with van der Waals surface area (Å²) in [6.45, 7) is 17.4. The summed E-state index contributed by atoms with van der Waals surface area (Å²) in [7, 11) is 0. The van der Waals surface area contributed by atoms with Crippen LogP contribution in [0.5, 0.6) is 0 Å². The summed E-state index contributed by atoms with van der Waals surface area (Å²) in [5.74, 6) is 2.18. The van der Waals surface area contributed by atoms with E-state index in [0.29, 0.717) is 36.2 Å². The Morgan fingerprint density at radius 2 is 1.49 bits per heavy atom. The van der Waals surface area contributed by atoms with Gasteiger partial charge in [0.1, 0.15) is 0 Å². The van der Waals surface area contributed by atoms with Gasteiger partial charge in [0.05, 0.1) is 24.7 Å². The Kier molecular flexibility index (Phi) is 9.62. The molecule has 0 aromatic heterocycles. The van der Waals surface area contributed by atoms with Crippen molar-refractivity contribution in [3.8, 4) is 0 Å². The minimum Gasteiger partial charge on any atom is -0.465 e. The van der Waals surface area contributed by atoms with Crippen molar-refractivity contribution in [2.45, 2.75) is 143 Å². The molecule has 0 aromatic carbocycles. The van der Waals surface area contributed by atoms with Crippen molar-refractivity contribution in [1.29, 1.82) is 0 Å². The number of carbonyl (C=O) groups excluding carboxylic acids is 1. The normalized spacial score (nSPS) is 47.2. The van der Waals surface area contributed by atoms with E-state index in [9.17, 15) is 15.0 Å². The van der Waals surface area contributed by atoms with Crippen LogP contribution in [0.2, 0.25) is 0 Å². The van der Waals surface area contributed by atoms with Crippen LogP contribution in [0.1, 0.15) is 137 Å². The van der Waals surface area contributed by atoms with Crippen molar-refractivity contribution >= 4 is 5.97 Å². The van der Waals surface area contributed by atoms with E-state index >= 15 is 0 Å². The van der Waals surface area contributed by atoms with Crippen LogP contribution in [0, 0.1) is 56.7 Å². The summed E-state index contributed by atoms with van der Waals surface area (Å²) in [5.41, 5.74) is 0.893. The van der Waals surface area contributed by atoms with Gasteiger partial charge in [-0.1, -0.05) is 65.5 Å². The van der Waals surface area contributed by atoms with Crippen molar-refractivity contribution in [3.05, 3.63) is 12.2 Å². The quantitative estimate of drug-likeness (QED) is 0.128. The molecule has 0 heterocycles. The maximum atomic E-state index is 14.1. The Morgan fingerprint density at radius 3 is 2.16 bits per heavy atom. The second kappa shape index (κ2) is 12.4. The molecule has 43 heavy (non-hydrogen) atoms. The molecule has 0 spiro atoms. The van der Waals surface area contributed by atoms with Gasteiger partial charge in [-0.25, -0.2) is 0 Å². The van der Waals surface area contributed by atoms with Crippen molar-refractivity contribution in [2.75, 3.05) is 19.8 Å². The summed E-state index contributed by atoms with van der Waals surface area (Å²) >= 11 is 0. The van der Waals surface area contributed by atoms with Crippen LogP contribution >= 0.6 is 0 Å². The summed E-state index contributed by atoms with van der Waals surface area (Å²) in [6, 6.07) is 0. The second-order valence-electron chi connectivity index (χ2n) is 17.0. The molecule has 0 bridgehead atoms. The average Bonchev–Trinajstić information content (AvgIpc) is 3.38. The molecule has 5 aliphatic rings. The minimum atomic E-state index is -0.423. The van der Waals surface area contributed by atoms with E-state index in [2.05, 4.69) is 41.2 Å². The SMILES string of the molecule is C=C(C)[C@@H]1CC[C@]2(C(=O)OCCCCCCCCO)CC[C@]3(C)C(CCC4[C@@]5(C)CC[C@H](O)[C@@](C)(CO)C5CC[C@]43C)C12. The third-order valence-electron chi connectivity index (χ3n) is 15.4. The van der Waals surface area contributed by atoms with Crippen LogP contribution in [0.4, 0.5) is 0 Å². The van der Waals surface area contributed by atoms with Crippen molar-refractivity contribution in [3.63, 3.8) is 0 Å². The van der Waals surface area contributed by atoms with Gasteiger partial charge in [-0.3, -0.25) is 4.79 Å². The molecule has 0 aromatic rings. The molecule has 5 fully saturated rings. The molecule has 0 saturated heterocycles. The highest BCUT2D eigenvalue weighted by molar-refractivity contribution is 5.78. The largest absolute Gasteiger partial charge is 0.465 e. The van der Waals surface area contributed by atoms with E-state index in [1.54, 1.807) is 0 Å². The Bertz CT molecular complexity index is 1030. The number of unbranched alkanes of at least 4 members (excludes halogenated alkanes) is 5. The van der Waals surface area contributed by atoms with E-state index in [-0.39, 0.29) is 40.8 Å². The number of hydrogen-bond acceptors (Lipinski definition) is 5. The van der Waals surface area contributed by atoms with Gasteiger partial charge in [0.2, 0.25) is 0 Å². The number of hydrogen-bond donors (Lipinski definition) is 3. The number of allylic oxidation sites excluding steroid dienone is 1. The van der Waals surface area contributed by atoms with Gasteiger partial charge in [0, 0.05) is 12.0 Å². The smallest absolute Gasteiger partial charge is 0.312 e. The van der Waals surface area contributed by atoms with Gasteiger partial charge in [0.15, 0.2) is 0 Å². The number of esters is 1. The highest BCUT2D eigenvalue weighted by Crippen LogP contribution is 2.77. The molecular weight excluding hydrogens is 536 g/mol. The van der Waals surface area contributed by atoms with Crippen LogP contribution < -0.4 is 0 Å². The summed E-state index contributed by atoms with van der Waals surface area (Å²) in [4.78, 5) is 14.1. The van der Waals surface area contributed by atoms with Gasteiger partial charge >= 0.3 is 5.97 Å². The molecule has 5 aliphatic carbocycles. The zero-order valence-corrected chi connectivity index (χ0v) is 28.3. The fourth-order valence-corrected chi connectivity index (χ4v) is 12.7. The first-order valence-corrected chi connectivity index (χ1v) is 18.1. The monoisotopic (exact) mass is 600 g/mol. The fraction of sp³-hybridized carbons (Fsp3) is 0.921. The average molecular weight is 601 g/mol. The molecular formula is C38H64O5. The lowest BCUT2D eigenvalue weighted by atomic mass is 9.32. The lowest BCUT2D eigenvalue weighted by Gasteiger charge is -2.72. The number of ether oxygens (including phenoxy) is 1. The molecule has 0 aliphatic heterocycles. The van der Waals surface area contributed by atoms with Crippen LogP contribution in [0.25, 0.3) is 0 Å². The van der Waals surface area contributed by atoms with Gasteiger partial charge in [-0.05, 0) is 130 Å². The van der Waals surface area contributed by atoms with Crippen LogP contribution in [-0.2, 0) is 9.53 Å². The predicted molar refractivity (Wildman–Crippen MR) is 172 cm³/mol. The molecule has 5 nitrogen and oxygen atoms in total. The molecule has 5 saturated carbocycles. The fourth-order valence-electron chi connectivity index (χ4n) is 12.7. The molecule has 5 heteroatoms. The maximum absolute atomic E-state index is 14.1. The lowest BCUT2D eigenvalue weighted by molar-refractivity contribution is -0.254. The zero-order chi connectivity index (χ0) is 31.3. The molecule has 5 rings (SSSR count). The second-order valence-corrected chi connectivity index (χ2v) is 17.0. The van der Waals surface area contributed by atoms with Crippen molar-refractivity contribution in [2.24, 2.45) is 56.7 Å². The van der Waals surface area contributed by atoms with Crippen molar-refractivity contribution in [1.82, 2.24) is 0 Å². The summed E-state index contributed by atoms with van der Waals surface area (Å²) < 4.78 is 6.16. The first kappa shape index (κ1) is 33.5. The molecule has 0 amide bonds. The zero-order valence-electron chi connectivity index (χ0n) is 28.3. The Balaban J connectivity index is 1.37. The standard InChI is InChI=1S/C38H64O5/c1-26(2)27-15-20-38(33(42)43-24-12-10-8-7-9-11-23-39)22-21-36(5)28(32(27)38)13-14-30-34(3)18-17-31(41)35(4,25-40)29(34)16-19-37(30,36)6/h27-32,39-41H,1,7-25H2,2-6H3/t27-,28?,29?,30?,31-,32?,34-,35-,36+,37+,38-/m0/s1. The Morgan fingerprint density at radius 1 is 0.791 bits per heavy atom. The van der Waals surface area contributed by atoms with Crippen molar-refractivity contribution < 1.29 is 24.9 Å². The number of aliphatic hydroxyl groups excluding tert-OH is 3. The number of rotatable bonds is 11. The summed E-state index contributed by atoms with van der Waals surface area (Å²) in [6.07, 6.45) is 16.2. The van der Waals surface area contributed by atoms with E-state index in [0.717, 1.165) is 96.3 Å². The summed E-state index contributed by atoms with van der Waals surface area (Å²) in [5, 5.41) is 30.6. The molecule has 0 radical (unpaired) electrons. The molecule has 246 valence electrons. The first-order valence-electron chi connectivity index (χ1n) is 18.1. The topological polar surface area (TPSA) is 87.0 Å². The Labute approximate surface area is 262 Å². The highest BCUT2D eigenvalue weighted by atomic mass is 16.5. The number of carbonyl (C=O) groups is 1. The maximum Gasteiger partial charge on any atom is 0.312 e. The minimum absolute atomic E-state index is 0.0640. The van der Waals surface area contributed by atoms with E-state index in [4.69, 9.17) is 9.84 Å².